The van der Waals surface area contributed by atoms with Crippen LogP contribution in [-0.4, -0.2) is 35.8 Å². The second-order valence-electron chi connectivity index (χ2n) is 6.73. The fourth-order valence-corrected chi connectivity index (χ4v) is 5.10. The van der Waals surface area contributed by atoms with Crippen LogP contribution in [0.4, 0.5) is 5.13 Å². The largest absolute Gasteiger partial charge is 0.497 e. The van der Waals surface area contributed by atoms with Gasteiger partial charge in [-0.15, -0.1) is 11.8 Å². The monoisotopic (exact) mass is 485 g/mol. The molecule has 0 bridgehead atoms. The number of pyridine rings is 1. The molecular formula is C23H20ClN3O3S2. The Balaban J connectivity index is 1.63. The molecule has 0 fully saturated rings. The lowest BCUT2D eigenvalue weighted by molar-refractivity contribution is -0.116. The number of hydrogen-bond acceptors (Lipinski definition) is 7. The van der Waals surface area contributed by atoms with E-state index in [9.17, 15) is 4.79 Å². The fraction of sp³-hybridized carbons (Fsp3) is 0.174. The van der Waals surface area contributed by atoms with E-state index in [0.29, 0.717) is 28.0 Å². The van der Waals surface area contributed by atoms with Gasteiger partial charge >= 0.3 is 0 Å². The highest BCUT2D eigenvalue weighted by Crippen LogP contribution is 2.39. The lowest BCUT2D eigenvalue weighted by Crippen LogP contribution is -2.31. The third kappa shape index (κ3) is 4.98. The number of aromatic nitrogens is 2. The third-order valence-corrected chi connectivity index (χ3v) is 7.22. The van der Waals surface area contributed by atoms with Crippen molar-refractivity contribution >= 4 is 56.0 Å². The van der Waals surface area contributed by atoms with E-state index in [-0.39, 0.29) is 11.7 Å². The molecule has 2 heterocycles. The van der Waals surface area contributed by atoms with Crippen molar-refractivity contribution in [2.75, 3.05) is 24.9 Å². The van der Waals surface area contributed by atoms with E-state index in [4.69, 9.17) is 26.1 Å². The van der Waals surface area contributed by atoms with Crippen LogP contribution in [0.5, 0.6) is 11.5 Å². The maximum atomic E-state index is 13.3. The number of nitrogens with zero attached hydrogens (tertiary/aromatic N) is 3. The summed E-state index contributed by atoms with van der Waals surface area (Å²) in [5.41, 5.74) is 1.56. The average molecular weight is 486 g/mol. The van der Waals surface area contributed by atoms with Gasteiger partial charge in [0.15, 0.2) is 5.13 Å². The number of thiazole rings is 1. The molecule has 32 heavy (non-hydrogen) atoms. The molecule has 0 aliphatic carbocycles. The molecule has 164 valence electrons. The molecule has 2 aromatic carbocycles. The van der Waals surface area contributed by atoms with E-state index >= 15 is 0 Å². The summed E-state index contributed by atoms with van der Waals surface area (Å²) in [7, 11) is 3.22. The zero-order valence-electron chi connectivity index (χ0n) is 17.4. The average Bonchev–Trinajstić information content (AvgIpc) is 3.28. The van der Waals surface area contributed by atoms with Crippen LogP contribution in [0.2, 0.25) is 5.02 Å². The molecule has 4 aromatic rings. The van der Waals surface area contributed by atoms with Gasteiger partial charge in [0.25, 0.3) is 0 Å². The van der Waals surface area contributed by atoms with E-state index in [1.165, 1.54) is 23.1 Å². The number of carbonyl (C=O) groups excluding carboxylic acids is 1. The van der Waals surface area contributed by atoms with Crippen molar-refractivity contribution in [3.8, 4) is 11.5 Å². The molecule has 0 radical (unpaired) electrons. The summed E-state index contributed by atoms with van der Waals surface area (Å²) in [5, 5.41) is 1.14. The molecule has 0 spiro atoms. The number of rotatable bonds is 8. The second-order valence-corrected chi connectivity index (χ2v) is 9.16. The normalized spacial score (nSPS) is 10.8. The Morgan fingerprint density at radius 1 is 1.12 bits per heavy atom. The van der Waals surface area contributed by atoms with Crippen LogP contribution < -0.4 is 14.4 Å². The van der Waals surface area contributed by atoms with E-state index in [1.54, 1.807) is 43.6 Å². The van der Waals surface area contributed by atoms with E-state index in [1.807, 2.05) is 36.4 Å². The van der Waals surface area contributed by atoms with Crippen LogP contribution in [0.25, 0.3) is 10.2 Å². The highest BCUT2D eigenvalue weighted by molar-refractivity contribution is 8.00. The van der Waals surface area contributed by atoms with Gasteiger partial charge in [0.05, 0.1) is 36.2 Å². The highest BCUT2D eigenvalue weighted by atomic mass is 35.5. The van der Waals surface area contributed by atoms with Gasteiger partial charge in [-0.3, -0.25) is 14.7 Å². The van der Waals surface area contributed by atoms with Crippen LogP contribution in [0.15, 0.2) is 65.8 Å². The van der Waals surface area contributed by atoms with Gasteiger partial charge in [0.2, 0.25) is 5.91 Å². The number of hydrogen-bond donors (Lipinski definition) is 0. The smallest absolute Gasteiger partial charge is 0.239 e. The van der Waals surface area contributed by atoms with Gasteiger partial charge in [-0.2, -0.15) is 0 Å². The summed E-state index contributed by atoms with van der Waals surface area (Å²) >= 11 is 9.23. The molecule has 0 atom stereocenters. The minimum atomic E-state index is -0.0659. The third-order valence-electron chi connectivity index (χ3n) is 4.68. The first-order chi connectivity index (χ1) is 15.6. The summed E-state index contributed by atoms with van der Waals surface area (Å²) in [6, 6.07) is 15.0. The van der Waals surface area contributed by atoms with Gasteiger partial charge in [-0.05, 0) is 48.0 Å². The first-order valence-corrected chi connectivity index (χ1v) is 11.9. The molecule has 0 aliphatic heterocycles. The Morgan fingerprint density at radius 3 is 2.62 bits per heavy atom. The molecule has 2 aromatic heterocycles. The predicted octanol–water partition coefficient (Wildman–Crippen LogP) is 5.69. The topological polar surface area (TPSA) is 64.5 Å². The van der Waals surface area contributed by atoms with Gasteiger partial charge in [0, 0.05) is 17.3 Å². The molecule has 9 heteroatoms. The molecule has 0 saturated carbocycles. The second kappa shape index (κ2) is 10.2. The number of methoxy groups -OCH3 is 2. The number of amides is 1. The Kier molecular flexibility index (Phi) is 7.14. The van der Waals surface area contributed by atoms with Crippen LogP contribution in [0.1, 0.15) is 5.56 Å². The van der Waals surface area contributed by atoms with Crippen molar-refractivity contribution in [3.63, 3.8) is 0 Å². The van der Waals surface area contributed by atoms with Crippen LogP contribution in [-0.2, 0) is 11.3 Å². The summed E-state index contributed by atoms with van der Waals surface area (Å²) in [6.45, 7) is 0.357. The minimum Gasteiger partial charge on any atom is -0.497 e. The van der Waals surface area contributed by atoms with Crippen molar-refractivity contribution in [2.24, 2.45) is 0 Å². The number of ether oxygens (including phenoxy) is 2. The van der Waals surface area contributed by atoms with Crippen molar-refractivity contribution in [2.45, 2.75) is 11.4 Å². The molecule has 0 N–H and O–H groups in total. The Morgan fingerprint density at radius 2 is 1.94 bits per heavy atom. The number of anilines is 1. The maximum absolute atomic E-state index is 13.3. The van der Waals surface area contributed by atoms with Crippen molar-refractivity contribution < 1.29 is 14.3 Å². The molecule has 0 unspecified atom stereocenters. The Bertz CT molecular complexity index is 1220. The van der Waals surface area contributed by atoms with Gasteiger partial charge in [-0.25, -0.2) is 4.98 Å². The summed E-state index contributed by atoms with van der Waals surface area (Å²) in [5.74, 6) is 1.59. The van der Waals surface area contributed by atoms with Gasteiger partial charge in [0.1, 0.15) is 17.0 Å². The SMILES string of the molecule is COc1ccc(SCC(=O)N(Cc2cccnc2)c2nc3c(OC)ccc(Cl)c3s2)cc1. The van der Waals surface area contributed by atoms with Crippen molar-refractivity contribution in [1.29, 1.82) is 0 Å². The first-order valence-electron chi connectivity index (χ1n) is 9.68. The van der Waals surface area contributed by atoms with Crippen molar-refractivity contribution in [1.82, 2.24) is 9.97 Å². The van der Waals surface area contributed by atoms with Crippen LogP contribution in [0, 0.1) is 0 Å². The Hall–Kier alpha value is -2.81. The highest BCUT2D eigenvalue weighted by Gasteiger charge is 2.22. The molecule has 0 aliphatic rings. The van der Waals surface area contributed by atoms with Crippen LogP contribution in [0.3, 0.4) is 0 Å². The lowest BCUT2D eigenvalue weighted by Gasteiger charge is -2.19. The molecular weight excluding hydrogens is 466 g/mol. The molecule has 1 amide bonds. The summed E-state index contributed by atoms with van der Waals surface area (Å²) in [6.07, 6.45) is 3.45. The quantitative estimate of drug-likeness (QED) is 0.299. The number of benzene rings is 2. The van der Waals surface area contributed by atoms with Crippen LogP contribution >= 0.6 is 34.7 Å². The van der Waals surface area contributed by atoms with Gasteiger partial charge < -0.3 is 9.47 Å². The molecule has 4 rings (SSSR count). The standard InChI is InChI=1S/C23H20ClN3O3S2/c1-29-16-5-7-17(8-6-16)31-14-20(28)27(13-15-4-3-11-25-12-15)23-26-21-19(30-2)10-9-18(24)22(21)32-23/h3-12H,13-14H2,1-2H3. The number of fused-ring (bicyclic) bond motifs is 1. The first kappa shape index (κ1) is 22.4. The number of carbonyl (C=O) groups is 1. The maximum Gasteiger partial charge on any atom is 0.239 e. The number of halogens is 1. The Labute approximate surface area is 199 Å². The fourth-order valence-electron chi connectivity index (χ4n) is 3.05. The van der Waals surface area contributed by atoms with Gasteiger partial charge in [-0.1, -0.05) is 29.0 Å². The zero-order chi connectivity index (χ0) is 22.5. The van der Waals surface area contributed by atoms with E-state index < -0.39 is 0 Å². The number of thioether (sulfide) groups is 1. The summed E-state index contributed by atoms with van der Waals surface area (Å²) < 4.78 is 11.4. The minimum absolute atomic E-state index is 0.0659. The predicted molar refractivity (Wildman–Crippen MR) is 130 cm³/mol. The lowest BCUT2D eigenvalue weighted by atomic mass is 10.2. The molecule has 0 saturated heterocycles. The van der Waals surface area contributed by atoms with Crippen molar-refractivity contribution in [3.05, 3.63) is 71.5 Å². The zero-order valence-corrected chi connectivity index (χ0v) is 19.8. The molecule has 6 nitrogen and oxygen atoms in total. The summed E-state index contributed by atoms with van der Waals surface area (Å²) in [4.78, 5) is 24.9. The van der Waals surface area contributed by atoms with E-state index in [2.05, 4.69) is 4.98 Å². The van der Waals surface area contributed by atoms with E-state index in [0.717, 1.165) is 20.9 Å².